The van der Waals surface area contributed by atoms with Gasteiger partial charge in [0, 0.05) is 6.07 Å². The van der Waals surface area contributed by atoms with Gasteiger partial charge in [-0.1, -0.05) is 5.03 Å². The molecule has 0 atom stereocenters. The summed E-state index contributed by atoms with van der Waals surface area (Å²) in [5.74, 6) is 0. The van der Waals surface area contributed by atoms with Crippen molar-refractivity contribution in [2.45, 2.75) is 11.2 Å². The summed E-state index contributed by atoms with van der Waals surface area (Å²) >= 11 is 4.42. The van der Waals surface area contributed by atoms with E-state index < -0.39 is 27.9 Å². The molecule has 1 heterocycles. The smallest absolute Gasteiger partial charge is 0.417 e. The fourth-order valence-corrected chi connectivity index (χ4v) is 1.13. The maximum Gasteiger partial charge on any atom is 0.417 e. The van der Waals surface area contributed by atoms with Gasteiger partial charge in [-0.2, -0.15) is 18.4 Å². The number of nitrogens with one attached hydrogen (secondary N) is 1. The Kier molecular flexibility index (Phi) is 2.49. The first-order chi connectivity index (χ1) is 6.36. The number of alkyl halides is 3. The molecule has 0 aliphatic carbocycles. The quantitative estimate of drug-likeness (QED) is 0.666. The first-order valence-electron chi connectivity index (χ1n) is 3.28. The summed E-state index contributed by atoms with van der Waals surface area (Å²) in [5, 5.41) is 7.92. The third-order valence-corrected chi connectivity index (χ3v) is 1.73. The van der Waals surface area contributed by atoms with Crippen LogP contribution in [0, 0.1) is 11.3 Å². The summed E-state index contributed by atoms with van der Waals surface area (Å²) in [6, 6.07) is 1.62. The summed E-state index contributed by atoms with van der Waals surface area (Å²) in [6.07, 6.45) is -4.74. The Labute approximate surface area is 81.6 Å². The van der Waals surface area contributed by atoms with Gasteiger partial charge in [0.2, 0.25) is 5.56 Å². The highest BCUT2D eigenvalue weighted by molar-refractivity contribution is 7.58. The lowest BCUT2D eigenvalue weighted by Gasteiger charge is -2.13. The van der Waals surface area contributed by atoms with Gasteiger partial charge in [0.15, 0.2) is 0 Å². The fraction of sp³-hybridized carbons (Fsp3) is 0.143. The monoisotopic (exact) mass is 219 g/mol. The van der Waals surface area contributed by atoms with Gasteiger partial charge >= 0.3 is 6.18 Å². The van der Waals surface area contributed by atoms with E-state index in [1.54, 1.807) is 0 Å². The minimum atomic E-state index is -4.74. The van der Waals surface area contributed by atoms with Crippen molar-refractivity contribution in [3.05, 3.63) is 27.5 Å². The van der Waals surface area contributed by atoms with Crippen LogP contribution in [0.1, 0.15) is 11.1 Å². The number of nitrogens with zero attached hydrogens (tertiary/aromatic N) is 1. The number of H-pyrrole nitrogens is 1. The maximum absolute atomic E-state index is 12.2. The summed E-state index contributed by atoms with van der Waals surface area (Å²) in [4.78, 5) is 12.6. The highest BCUT2D eigenvalue weighted by Crippen LogP contribution is 2.31. The second-order valence-corrected chi connectivity index (χ2v) is 2.77. The fourth-order valence-electron chi connectivity index (χ4n) is 0.871. The Morgan fingerprint density at radius 3 is 2.50 bits per heavy atom. The third kappa shape index (κ3) is 1.85. The van der Waals surface area contributed by atoms with E-state index in [0.29, 0.717) is 6.07 Å². The molecule has 1 aromatic heterocycles. The number of aromatic nitrogens is 1. The molecule has 0 aliphatic heterocycles. The van der Waals surface area contributed by atoms with Gasteiger partial charge in [-0.05, 0) is 0 Å². The summed E-state index contributed by atoms with van der Waals surface area (Å²) < 4.78 is 36.7. The number of pyridine rings is 1. The molecule has 0 aromatic carbocycles. The lowest BCUT2D eigenvalue weighted by atomic mass is 10.1. The zero-order chi connectivity index (χ0) is 10.9. The molecular weight excluding hydrogens is 217 g/mol. The third-order valence-electron chi connectivity index (χ3n) is 1.43. The Hall–Kier alpha value is -1.55. The molecule has 0 radical (unpaired) electrons. The van der Waals surface area contributed by atoms with Gasteiger partial charge in [0.05, 0.1) is 17.2 Å². The number of rotatable bonds is 0. The van der Waals surface area contributed by atoms with E-state index in [2.05, 4.69) is 12.6 Å². The topological polar surface area (TPSA) is 56.6 Å². The van der Waals surface area contributed by atoms with Crippen molar-refractivity contribution in [1.82, 2.24) is 4.98 Å². The minimum Gasteiger partial charge on any atom is -0.761 e. The Bertz CT molecular complexity index is 457. The van der Waals surface area contributed by atoms with Crippen LogP contribution in [0.5, 0.6) is 0 Å². The molecule has 0 unspecified atom stereocenters. The lowest BCUT2D eigenvalue weighted by Crippen LogP contribution is -2.17. The standard InChI is InChI=1S/C7H3F3N2OS/c8-7(9,10)4-1-5(13)12-6(14)3(4)2-11/h1H,(H2,12,13,14)/p-1. The molecule has 0 bridgehead atoms. The highest BCUT2D eigenvalue weighted by atomic mass is 32.1. The van der Waals surface area contributed by atoms with E-state index in [1.807, 2.05) is 4.98 Å². The van der Waals surface area contributed by atoms with Gasteiger partial charge in [0.1, 0.15) is 0 Å². The van der Waals surface area contributed by atoms with E-state index in [4.69, 9.17) is 5.26 Å². The van der Waals surface area contributed by atoms with E-state index >= 15 is 0 Å². The van der Waals surface area contributed by atoms with Crippen LogP contribution in [0.4, 0.5) is 13.2 Å². The van der Waals surface area contributed by atoms with Crippen molar-refractivity contribution in [2.24, 2.45) is 0 Å². The van der Waals surface area contributed by atoms with E-state index in [9.17, 15) is 18.0 Å². The Morgan fingerprint density at radius 1 is 1.50 bits per heavy atom. The molecule has 0 saturated carbocycles. The minimum absolute atomic E-state index is 0.314. The van der Waals surface area contributed by atoms with Crippen molar-refractivity contribution in [3.63, 3.8) is 0 Å². The van der Waals surface area contributed by atoms with Gasteiger partial charge in [-0.25, -0.2) is 0 Å². The van der Waals surface area contributed by atoms with Crippen molar-refractivity contribution in [3.8, 4) is 6.07 Å². The van der Waals surface area contributed by atoms with E-state index in [1.165, 1.54) is 6.07 Å². The SMILES string of the molecule is N#Cc1c(C(F)(F)F)cc(=O)[nH]c1[S-]. The molecule has 74 valence electrons. The number of hydrogen-bond acceptors (Lipinski definition) is 3. The van der Waals surface area contributed by atoms with E-state index in [-0.39, 0.29) is 0 Å². The average molecular weight is 219 g/mol. The van der Waals surface area contributed by atoms with Crippen LogP contribution < -0.4 is 5.56 Å². The van der Waals surface area contributed by atoms with Crippen molar-refractivity contribution in [1.29, 1.82) is 5.26 Å². The van der Waals surface area contributed by atoms with Crippen LogP contribution in [-0.4, -0.2) is 4.98 Å². The molecular formula is C7H2F3N2OS-. The van der Waals surface area contributed by atoms with Gasteiger partial charge in [-0.15, -0.1) is 0 Å². The van der Waals surface area contributed by atoms with Crippen LogP contribution in [0.2, 0.25) is 0 Å². The van der Waals surface area contributed by atoms with Crippen LogP contribution >= 0.6 is 0 Å². The Morgan fingerprint density at radius 2 is 2.07 bits per heavy atom. The number of halogens is 3. The molecule has 1 rings (SSSR count). The first-order valence-corrected chi connectivity index (χ1v) is 3.68. The summed E-state index contributed by atoms with van der Waals surface area (Å²) in [7, 11) is 0. The molecule has 0 fully saturated rings. The lowest BCUT2D eigenvalue weighted by molar-refractivity contribution is -0.138. The largest absolute Gasteiger partial charge is 0.761 e. The predicted molar refractivity (Wildman–Crippen MR) is 42.4 cm³/mol. The average Bonchev–Trinajstić information content (AvgIpc) is 2.01. The molecule has 0 aliphatic rings. The van der Waals surface area contributed by atoms with Crippen molar-refractivity contribution in [2.75, 3.05) is 0 Å². The molecule has 0 amide bonds. The maximum atomic E-state index is 12.2. The zero-order valence-corrected chi connectivity index (χ0v) is 7.29. The van der Waals surface area contributed by atoms with Crippen LogP contribution in [0.15, 0.2) is 15.9 Å². The van der Waals surface area contributed by atoms with E-state index in [0.717, 1.165) is 0 Å². The molecule has 7 heteroatoms. The predicted octanol–water partition coefficient (Wildman–Crippen LogP) is 1.17. The summed E-state index contributed by atoms with van der Waals surface area (Å²) in [6.45, 7) is 0. The van der Waals surface area contributed by atoms with Crippen LogP contribution in [0.25, 0.3) is 0 Å². The zero-order valence-electron chi connectivity index (χ0n) is 6.47. The van der Waals surface area contributed by atoms with Gasteiger partial charge in [-0.3, -0.25) is 4.79 Å². The number of aromatic amines is 1. The van der Waals surface area contributed by atoms with Crippen LogP contribution in [0.3, 0.4) is 0 Å². The molecule has 3 nitrogen and oxygen atoms in total. The highest BCUT2D eigenvalue weighted by Gasteiger charge is 2.34. The molecule has 0 saturated heterocycles. The Balaban J connectivity index is 3.59. The molecule has 14 heavy (non-hydrogen) atoms. The second kappa shape index (κ2) is 3.31. The number of nitriles is 1. The first kappa shape index (κ1) is 10.5. The normalized spacial score (nSPS) is 11.0. The van der Waals surface area contributed by atoms with Crippen molar-refractivity contribution >= 4 is 12.6 Å². The molecule has 0 spiro atoms. The van der Waals surface area contributed by atoms with Crippen molar-refractivity contribution < 1.29 is 13.2 Å². The second-order valence-electron chi connectivity index (χ2n) is 2.36. The summed E-state index contributed by atoms with van der Waals surface area (Å²) in [5.41, 5.74) is -3.00. The van der Waals surface area contributed by atoms with Gasteiger partial charge in [0.25, 0.3) is 0 Å². The van der Waals surface area contributed by atoms with Crippen LogP contribution in [-0.2, 0) is 18.8 Å². The number of hydrogen-bond donors (Lipinski definition) is 1. The molecule has 1 N–H and O–H groups in total. The van der Waals surface area contributed by atoms with Gasteiger partial charge < -0.3 is 17.6 Å². The molecule has 1 aromatic rings.